The van der Waals surface area contributed by atoms with Gasteiger partial charge in [0.25, 0.3) is 0 Å². The van der Waals surface area contributed by atoms with E-state index in [0.717, 1.165) is 33.3 Å². The lowest BCUT2D eigenvalue weighted by Gasteiger charge is -2.10. The topological polar surface area (TPSA) is 41.6 Å². The van der Waals surface area contributed by atoms with E-state index in [0.29, 0.717) is 5.57 Å². The molecule has 0 aliphatic carbocycles. The summed E-state index contributed by atoms with van der Waals surface area (Å²) in [7, 11) is 0. The molecule has 2 heterocycles. The molecule has 0 spiro atoms. The van der Waals surface area contributed by atoms with E-state index >= 15 is 0 Å². The van der Waals surface area contributed by atoms with Crippen LogP contribution in [0.15, 0.2) is 35.7 Å². The smallest absolute Gasteiger partial charge is 0.134 e. The van der Waals surface area contributed by atoms with Crippen molar-refractivity contribution < 1.29 is 0 Å². The Hall–Kier alpha value is -2.64. The van der Waals surface area contributed by atoms with Crippen LogP contribution in [-0.4, -0.2) is 9.55 Å². The molecule has 0 fully saturated rings. The largest absolute Gasteiger partial charge is 0.318 e. The van der Waals surface area contributed by atoms with E-state index in [-0.39, 0.29) is 0 Å². The van der Waals surface area contributed by atoms with Crippen molar-refractivity contribution in [2.24, 2.45) is 0 Å². The number of nitrogens with zero attached hydrogens (tertiary/aromatic N) is 3. The monoisotopic (exact) mass is 333 g/mol. The van der Waals surface area contributed by atoms with Gasteiger partial charge in [0, 0.05) is 28.1 Å². The number of aromatic nitrogens is 2. The fourth-order valence-electron chi connectivity index (χ4n) is 2.80. The van der Waals surface area contributed by atoms with Crippen LogP contribution >= 0.6 is 11.3 Å². The summed E-state index contributed by atoms with van der Waals surface area (Å²) < 4.78 is 2.22. The van der Waals surface area contributed by atoms with Crippen molar-refractivity contribution >= 4 is 23.0 Å². The standard InChI is InChI=1S/C20H19N3S/c1-13-5-7-19(8-6-13)23-15(3)9-17(16(23)4)10-18(11-21)20-22-14(2)12-24-20/h5-10,12H,1-4H3/b18-10+. The summed E-state index contributed by atoms with van der Waals surface area (Å²) >= 11 is 1.51. The van der Waals surface area contributed by atoms with Gasteiger partial charge < -0.3 is 4.57 Å². The van der Waals surface area contributed by atoms with Gasteiger partial charge in [0.1, 0.15) is 11.1 Å². The molecule has 0 N–H and O–H groups in total. The lowest BCUT2D eigenvalue weighted by atomic mass is 10.1. The van der Waals surface area contributed by atoms with Gasteiger partial charge in [-0.05, 0) is 57.5 Å². The Morgan fingerprint density at radius 2 is 1.88 bits per heavy atom. The van der Waals surface area contributed by atoms with Crippen molar-refractivity contribution in [1.29, 1.82) is 5.26 Å². The van der Waals surface area contributed by atoms with Crippen LogP contribution in [0, 0.1) is 39.0 Å². The van der Waals surface area contributed by atoms with Crippen LogP contribution in [0.3, 0.4) is 0 Å². The minimum absolute atomic E-state index is 0.609. The summed E-state index contributed by atoms with van der Waals surface area (Å²) in [5.41, 5.74) is 7.26. The average molecular weight is 333 g/mol. The summed E-state index contributed by atoms with van der Waals surface area (Å²) in [5.74, 6) is 0. The van der Waals surface area contributed by atoms with Crippen molar-refractivity contribution in [3.8, 4) is 11.8 Å². The van der Waals surface area contributed by atoms with Gasteiger partial charge in [0.2, 0.25) is 0 Å². The fraction of sp³-hybridized carbons (Fsp3) is 0.200. The molecular weight excluding hydrogens is 314 g/mol. The number of hydrogen-bond acceptors (Lipinski definition) is 3. The zero-order valence-electron chi connectivity index (χ0n) is 14.3. The lowest BCUT2D eigenvalue weighted by Crippen LogP contribution is -1.98. The highest BCUT2D eigenvalue weighted by atomic mass is 32.1. The van der Waals surface area contributed by atoms with Gasteiger partial charge in [-0.3, -0.25) is 0 Å². The highest BCUT2D eigenvalue weighted by molar-refractivity contribution is 7.11. The van der Waals surface area contributed by atoms with Gasteiger partial charge in [-0.25, -0.2) is 4.98 Å². The Balaban J connectivity index is 2.07. The van der Waals surface area contributed by atoms with Crippen molar-refractivity contribution in [2.75, 3.05) is 0 Å². The first kappa shape index (κ1) is 16.2. The van der Waals surface area contributed by atoms with Gasteiger partial charge in [-0.15, -0.1) is 11.3 Å². The van der Waals surface area contributed by atoms with Gasteiger partial charge in [-0.2, -0.15) is 5.26 Å². The quantitative estimate of drug-likeness (QED) is 0.616. The lowest BCUT2D eigenvalue weighted by molar-refractivity contribution is 0.963. The predicted molar refractivity (Wildman–Crippen MR) is 100 cm³/mol. The van der Waals surface area contributed by atoms with Crippen LogP contribution in [0.5, 0.6) is 0 Å². The summed E-state index contributed by atoms with van der Waals surface area (Å²) in [6, 6.07) is 12.9. The van der Waals surface area contributed by atoms with E-state index < -0.39 is 0 Å². The van der Waals surface area contributed by atoms with E-state index in [1.165, 1.54) is 16.9 Å². The Morgan fingerprint density at radius 1 is 1.17 bits per heavy atom. The maximum atomic E-state index is 9.51. The summed E-state index contributed by atoms with van der Waals surface area (Å²) in [6.07, 6.45) is 1.94. The Labute approximate surface area is 146 Å². The molecule has 3 aromatic rings. The first-order chi connectivity index (χ1) is 11.5. The number of benzene rings is 1. The van der Waals surface area contributed by atoms with E-state index in [4.69, 9.17) is 0 Å². The molecule has 2 aromatic heterocycles. The molecular formula is C20H19N3S. The average Bonchev–Trinajstić information content (AvgIpc) is 3.10. The van der Waals surface area contributed by atoms with Gasteiger partial charge in [0.05, 0.1) is 5.57 Å². The normalized spacial score (nSPS) is 11.5. The molecule has 0 saturated heterocycles. The van der Waals surface area contributed by atoms with Crippen LogP contribution in [0.25, 0.3) is 17.3 Å². The highest BCUT2D eigenvalue weighted by Crippen LogP contribution is 2.26. The molecule has 24 heavy (non-hydrogen) atoms. The van der Waals surface area contributed by atoms with Crippen molar-refractivity contribution in [3.05, 3.63) is 68.9 Å². The molecule has 1 aromatic carbocycles. The first-order valence-corrected chi connectivity index (χ1v) is 8.68. The second-order valence-electron chi connectivity index (χ2n) is 5.96. The minimum Gasteiger partial charge on any atom is -0.318 e. The molecule has 0 amide bonds. The molecule has 0 aliphatic heterocycles. The molecule has 0 bridgehead atoms. The van der Waals surface area contributed by atoms with Gasteiger partial charge in [0.15, 0.2) is 0 Å². The van der Waals surface area contributed by atoms with Crippen molar-refractivity contribution in [3.63, 3.8) is 0 Å². The molecule has 0 atom stereocenters. The number of aryl methyl sites for hydroxylation is 3. The highest BCUT2D eigenvalue weighted by Gasteiger charge is 2.12. The predicted octanol–water partition coefficient (Wildman–Crippen LogP) is 5.23. The zero-order valence-corrected chi connectivity index (χ0v) is 15.1. The number of nitriles is 1. The van der Waals surface area contributed by atoms with Crippen molar-refractivity contribution in [1.82, 2.24) is 9.55 Å². The van der Waals surface area contributed by atoms with E-state index in [1.54, 1.807) is 0 Å². The SMILES string of the molecule is Cc1ccc(-n2c(C)cc(/C=C(\C#N)c3nc(C)cs3)c2C)cc1. The minimum atomic E-state index is 0.609. The summed E-state index contributed by atoms with van der Waals surface area (Å²) in [4.78, 5) is 4.43. The van der Waals surface area contributed by atoms with Crippen LogP contribution in [0.4, 0.5) is 0 Å². The molecule has 0 aliphatic rings. The van der Waals surface area contributed by atoms with E-state index in [2.05, 4.69) is 66.7 Å². The van der Waals surface area contributed by atoms with E-state index in [1.807, 2.05) is 18.4 Å². The number of allylic oxidation sites excluding steroid dienone is 1. The van der Waals surface area contributed by atoms with Crippen LogP contribution in [0.1, 0.15) is 33.2 Å². The molecule has 0 saturated carbocycles. The van der Waals surface area contributed by atoms with E-state index in [9.17, 15) is 5.26 Å². The third kappa shape index (κ3) is 3.04. The van der Waals surface area contributed by atoms with Crippen LogP contribution in [0.2, 0.25) is 0 Å². The second kappa shape index (κ2) is 6.46. The summed E-state index contributed by atoms with van der Waals surface area (Å²) in [5, 5.41) is 12.2. The maximum absolute atomic E-state index is 9.51. The van der Waals surface area contributed by atoms with Crippen molar-refractivity contribution in [2.45, 2.75) is 27.7 Å². The van der Waals surface area contributed by atoms with Crippen LogP contribution < -0.4 is 0 Å². The third-order valence-corrected chi connectivity index (χ3v) is 5.03. The van der Waals surface area contributed by atoms with Gasteiger partial charge >= 0.3 is 0 Å². The second-order valence-corrected chi connectivity index (χ2v) is 6.82. The van der Waals surface area contributed by atoms with Crippen LogP contribution in [-0.2, 0) is 0 Å². The first-order valence-electron chi connectivity index (χ1n) is 7.80. The number of rotatable bonds is 3. The molecule has 3 rings (SSSR count). The molecule has 120 valence electrons. The third-order valence-electron chi connectivity index (χ3n) is 4.03. The molecule has 0 unspecified atom stereocenters. The Kier molecular flexibility index (Phi) is 4.37. The molecule has 3 nitrogen and oxygen atoms in total. The Morgan fingerprint density at radius 3 is 2.46 bits per heavy atom. The number of thiazole rings is 1. The summed E-state index contributed by atoms with van der Waals surface area (Å²) in [6.45, 7) is 8.20. The van der Waals surface area contributed by atoms with Gasteiger partial charge in [-0.1, -0.05) is 17.7 Å². The molecule has 0 radical (unpaired) electrons. The zero-order chi connectivity index (χ0) is 17.3. The Bertz CT molecular complexity index is 950. The fourth-order valence-corrected chi connectivity index (χ4v) is 3.56. The maximum Gasteiger partial charge on any atom is 0.134 e. The molecule has 4 heteroatoms. The number of hydrogen-bond donors (Lipinski definition) is 0.